The number of benzene rings is 2. The molecular weight excluding hydrogens is 358 g/mol. The van der Waals surface area contributed by atoms with Crippen LogP contribution in [0, 0.1) is 6.92 Å². The molecule has 7 heteroatoms. The Morgan fingerprint density at radius 2 is 1.89 bits per heavy atom. The van der Waals surface area contributed by atoms with E-state index in [1.165, 1.54) is 4.90 Å². The average molecular weight is 381 g/mol. The maximum Gasteiger partial charge on any atom is 0.323 e. The van der Waals surface area contributed by atoms with Crippen LogP contribution in [-0.4, -0.2) is 54.1 Å². The first kappa shape index (κ1) is 19.4. The van der Waals surface area contributed by atoms with E-state index in [1.54, 1.807) is 30.0 Å². The van der Waals surface area contributed by atoms with E-state index in [-0.39, 0.29) is 18.5 Å². The van der Waals surface area contributed by atoms with Crippen LogP contribution in [0.3, 0.4) is 0 Å². The van der Waals surface area contributed by atoms with Crippen molar-refractivity contribution >= 4 is 23.6 Å². The lowest BCUT2D eigenvalue weighted by atomic mass is 10.0. The van der Waals surface area contributed by atoms with E-state index in [9.17, 15) is 19.5 Å². The van der Waals surface area contributed by atoms with Gasteiger partial charge < -0.3 is 15.3 Å². The van der Waals surface area contributed by atoms with Crippen molar-refractivity contribution in [1.82, 2.24) is 10.2 Å². The second-order valence-corrected chi connectivity index (χ2v) is 6.69. The van der Waals surface area contributed by atoms with Gasteiger partial charge in [0, 0.05) is 30.9 Å². The van der Waals surface area contributed by atoms with E-state index >= 15 is 0 Å². The minimum Gasteiger partial charge on any atom is -0.480 e. The molecule has 0 spiro atoms. The van der Waals surface area contributed by atoms with Crippen molar-refractivity contribution in [2.75, 3.05) is 31.1 Å². The number of carboxylic acid groups (broad SMARTS) is 1. The first-order valence-electron chi connectivity index (χ1n) is 9.17. The topological polar surface area (TPSA) is 89.9 Å². The molecule has 0 bridgehead atoms. The fraction of sp³-hybridized carbons (Fsp3) is 0.286. The molecule has 1 aliphatic heterocycles. The second kappa shape index (κ2) is 8.56. The number of carboxylic acids is 1. The van der Waals surface area contributed by atoms with Gasteiger partial charge in [-0.25, -0.2) is 4.79 Å². The van der Waals surface area contributed by atoms with Crippen LogP contribution in [0.15, 0.2) is 48.5 Å². The summed E-state index contributed by atoms with van der Waals surface area (Å²) in [4.78, 5) is 39.3. The first-order chi connectivity index (χ1) is 13.5. The number of anilines is 1. The summed E-state index contributed by atoms with van der Waals surface area (Å²) in [7, 11) is 0. The monoisotopic (exact) mass is 381 g/mol. The number of nitrogens with zero attached hydrogens (tertiary/aromatic N) is 2. The summed E-state index contributed by atoms with van der Waals surface area (Å²) >= 11 is 0. The van der Waals surface area contributed by atoms with Gasteiger partial charge in [-0.05, 0) is 36.6 Å². The van der Waals surface area contributed by atoms with Crippen LogP contribution in [0.25, 0.3) is 0 Å². The summed E-state index contributed by atoms with van der Waals surface area (Å²) in [6.07, 6.45) is 0.563. The normalized spacial score (nSPS) is 13.3. The lowest BCUT2D eigenvalue weighted by molar-refractivity contribution is -0.137. The summed E-state index contributed by atoms with van der Waals surface area (Å²) in [5.41, 5.74) is 2.77. The van der Waals surface area contributed by atoms with E-state index in [1.807, 2.05) is 30.3 Å². The number of hydrogen-bond donors (Lipinski definition) is 2. The molecule has 0 aromatic heterocycles. The van der Waals surface area contributed by atoms with E-state index in [0.29, 0.717) is 42.9 Å². The van der Waals surface area contributed by atoms with Gasteiger partial charge in [-0.1, -0.05) is 36.4 Å². The van der Waals surface area contributed by atoms with Crippen LogP contribution in [0.1, 0.15) is 21.5 Å². The maximum atomic E-state index is 13.1. The van der Waals surface area contributed by atoms with Crippen molar-refractivity contribution < 1.29 is 19.5 Å². The molecule has 1 heterocycles. The maximum absolute atomic E-state index is 13.1. The summed E-state index contributed by atoms with van der Waals surface area (Å²) in [6.45, 7) is 2.79. The molecule has 28 heavy (non-hydrogen) atoms. The average Bonchev–Trinajstić information content (AvgIpc) is 3.11. The zero-order valence-electron chi connectivity index (χ0n) is 15.7. The molecule has 7 nitrogen and oxygen atoms in total. The van der Waals surface area contributed by atoms with Crippen LogP contribution in [-0.2, 0) is 11.2 Å². The summed E-state index contributed by atoms with van der Waals surface area (Å²) < 4.78 is 0. The molecule has 2 aromatic rings. The molecule has 1 fully saturated rings. The Morgan fingerprint density at radius 3 is 2.54 bits per heavy atom. The van der Waals surface area contributed by atoms with Gasteiger partial charge in [0.05, 0.1) is 0 Å². The van der Waals surface area contributed by atoms with Gasteiger partial charge in [-0.3, -0.25) is 14.5 Å². The molecule has 0 saturated carbocycles. The van der Waals surface area contributed by atoms with E-state index < -0.39 is 5.97 Å². The second-order valence-electron chi connectivity index (χ2n) is 6.69. The Kier molecular flexibility index (Phi) is 5.93. The van der Waals surface area contributed by atoms with E-state index in [4.69, 9.17) is 0 Å². The largest absolute Gasteiger partial charge is 0.480 e. The molecule has 146 valence electrons. The standard InChI is InChI=1S/C21H23N3O4/c1-15-17(8-5-9-18(15)24-13-11-22-21(24)28)20(27)23(14-19(25)26)12-10-16-6-3-2-4-7-16/h2-9H,10-14H2,1H3,(H,22,28)(H,25,26). The molecule has 0 unspecified atom stereocenters. The third-order valence-electron chi connectivity index (χ3n) is 4.81. The Bertz CT molecular complexity index is 882. The molecule has 2 aromatic carbocycles. The molecule has 3 amide bonds. The van der Waals surface area contributed by atoms with Crippen LogP contribution in [0.4, 0.5) is 10.5 Å². The highest BCUT2D eigenvalue weighted by Crippen LogP contribution is 2.25. The van der Waals surface area contributed by atoms with Gasteiger partial charge in [-0.2, -0.15) is 0 Å². The van der Waals surface area contributed by atoms with Crippen LogP contribution in [0.5, 0.6) is 0 Å². The van der Waals surface area contributed by atoms with Crippen molar-refractivity contribution in [2.24, 2.45) is 0 Å². The molecule has 1 saturated heterocycles. The molecule has 0 radical (unpaired) electrons. The summed E-state index contributed by atoms with van der Waals surface area (Å²) in [5, 5.41) is 12.0. The number of urea groups is 1. The zero-order valence-corrected chi connectivity index (χ0v) is 15.7. The third-order valence-corrected chi connectivity index (χ3v) is 4.81. The Balaban J connectivity index is 1.83. The van der Waals surface area contributed by atoms with Crippen LogP contribution >= 0.6 is 0 Å². The number of amides is 3. The van der Waals surface area contributed by atoms with Crippen molar-refractivity contribution in [3.05, 3.63) is 65.2 Å². The van der Waals surface area contributed by atoms with Crippen molar-refractivity contribution in [3.63, 3.8) is 0 Å². The SMILES string of the molecule is Cc1c(C(=O)N(CCc2ccccc2)CC(=O)O)cccc1N1CCNC1=O. The molecule has 1 aliphatic rings. The minimum atomic E-state index is -1.06. The van der Waals surface area contributed by atoms with Crippen molar-refractivity contribution in [1.29, 1.82) is 0 Å². The number of hydrogen-bond acceptors (Lipinski definition) is 3. The van der Waals surface area contributed by atoms with E-state index in [0.717, 1.165) is 5.56 Å². The number of nitrogens with one attached hydrogen (secondary N) is 1. The highest BCUT2D eigenvalue weighted by atomic mass is 16.4. The highest BCUT2D eigenvalue weighted by Gasteiger charge is 2.26. The Morgan fingerprint density at radius 1 is 1.14 bits per heavy atom. The molecule has 0 atom stereocenters. The molecular formula is C21H23N3O4. The predicted octanol–water partition coefficient (Wildman–Crippen LogP) is 2.29. The summed E-state index contributed by atoms with van der Waals surface area (Å²) in [6, 6.07) is 14.6. The lowest BCUT2D eigenvalue weighted by Crippen LogP contribution is -2.38. The van der Waals surface area contributed by atoms with Gasteiger partial charge in [-0.15, -0.1) is 0 Å². The number of aliphatic carboxylic acids is 1. The number of carbonyl (C=O) groups excluding carboxylic acids is 2. The van der Waals surface area contributed by atoms with Gasteiger partial charge in [0.2, 0.25) is 0 Å². The molecule has 2 N–H and O–H groups in total. The predicted molar refractivity (Wildman–Crippen MR) is 106 cm³/mol. The third kappa shape index (κ3) is 4.31. The summed E-state index contributed by atoms with van der Waals surface area (Å²) in [5.74, 6) is -1.41. The minimum absolute atomic E-state index is 0.195. The zero-order chi connectivity index (χ0) is 20.1. The molecule has 3 rings (SSSR count). The first-order valence-corrected chi connectivity index (χ1v) is 9.17. The van der Waals surface area contributed by atoms with Crippen LogP contribution in [0.2, 0.25) is 0 Å². The number of carbonyl (C=O) groups is 3. The van der Waals surface area contributed by atoms with Crippen LogP contribution < -0.4 is 10.2 Å². The number of rotatable bonds is 7. The fourth-order valence-corrected chi connectivity index (χ4v) is 3.34. The fourth-order valence-electron chi connectivity index (χ4n) is 3.34. The molecule has 0 aliphatic carbocycles. The Labute approximate surface area is 163 Å². The van der Waals surface area contributed by atoms with Gasteiger partial charge in [0.25, 0.3) is 5.91 Å². The van der Waals surface area contributed by atoms with Gasteiger partial charge in [0.1, 0.15) is 6.54 Å². The van der Waals surface area contributed by atoms with Gasteiger partial charge >= 0.3 is 12.0 Å². The smallest absolute Gasteiger partial charge is 0.323 e. The quantitative estimate of drug-likeness (QED) is 0.770. The highest BCUT2D eigenvalue weighted by molar-refractivity contribution is 6.01. The van der Waals surface area contributed by atoms with E-state index in [2.05, 4.69) is 5.32 Å². The van der Waals surface area contributed by atoms with Crippen molar-refractivity contribution in [2.45, 2.75) is 13.3 Å². The Hall–Kier alpha value is -3.35. The van der Waals surface area contributed by atoms with Gasteiger partial charge in [0.15, 0.2) is 0 Å². The van der Waals surface area contributed by atoms with Crippen molar-refractivity contribution in [3.8, 4) is 0 Å². The lowest BCUT2D eigenvalue weighted by Gasteiger charge is -2.24.